The molecule has 7 nitrogen and oxygen atoms in total. The van der Waals surface area contributed by atoms with Crippen LogP contribution in [0.1, 0.15) is 44.3 Å². The quantitative estimate of drug-likeness (QED) is 0.882. The van der Waals surface area contributed by atoms with E-state index < -0.39 is 12.0 Å². The van der Waals surface area contributed by atoms with Crippen molar-refractivity contribution in [3.8, 4) is 0 Å². The molecule has 3 heterocycles. The SMILES string of the molecule is O=C(NC1CCCC1)C1CCN(c2ccc3nnc(C(F)(F)F)n3n2)CC1. The van der Waals surface area contributed by atoms with Crippen molar-refractivity contribution in [2.45, 2.75) is 50.7 Å². The molecule has 27 heavy (non-hydrogen) atoms. The van der Waals surface area contributed by atoms with Gasteiger partial charge in [-0.1, -0.05) is 12.8 Å². The number of hydrogen-bond donors (Lipinski definition) is 1. The van der Waals surface area contributed by atoms with Gasteiger partial charge in [0.1, 0.15) is 5.82 Å². The van der Waals surface area contributed by atoms with Crippen LogP contribution in [0.25, 0.3) is 5.65 Å². The molecule has 1 amide bonds. The molecule has 2 aromatic heterocycles. The number of aromatic nitrogens is 4. The van der Waals surface area contributed by atoms with Crippen molar-refractivity contribution in [2.24, 2.45) is 5.92 Å². The van der Waals surface area contributed by atoms with Gasteiger partial charge in [-0.15, -0.1) is 15.3 Å². The Morgan fingerprint density at radius 3 is 2.44 bits per heavy atom. The fourth-order valence-electron chi connectivity index (χ4n) is 3.88. The normalized spacial score (nSPS) is 19.7. The van der Waals surface area contributed by atoms with Gasteiger partial charge >= 0.3 is 6.18 Å². The van der Waals surface area contributed by atoms with Crippen molar-refractivity contribution in [2.75, 3.05) is 18.0 Å². The van der Waals surface area contributed by atoms with Gasteiger partial charge in [0, 0.05) is 25.0 Å². The van der Waals surface area contributed by atoms with Gasteiger partial charge in [-0.25, -0.2) is 0 Å². The molecule has 1 aliphatic heterocycles. The molecule has 0 radical (unpaired) electrons. The smallest absolute Gasteiger partial charge is 0.355 e. The number of rotatable bonds is 3. The second kappa shape index (κ2) is 6.97. The zero-order valence-electron chi connectivity index (χ0n) is 14.7. The summed E-state index contributed by atoms with van der Waals surface area (Å²) in [7, 11) is 0. The Kier molecular flexibility index (Phi) is 4.65. The summed E-state index contributed by atoms with van der Waals surface area (Å²) in [5, 5.41) is 13.9. The molecule has 2 aliphatic rings. The van der Waals surface area contributed by atoms with E-state index in [1.54, 1.807) is 6.07 Å². The summed E-state index contributed by atoms with van der Waals surface area (Å²) in [5.41, 5.74) is 0.0527. The molecular weight excluding hydrogens is 361 g/mol. The first-order valence-electron chi connectivity index (χ1n) is 9.27. The number of halogens is 3. The maximum absolute atomic E-state index is 13.0. The number of fused-ring (bicyclic) bond motifs is 1. The number of alkyl halides is 3. The highest BCUT2D eigenvalue weighted by Crippen LogP contribution is 2.29. The summed E-state index contributed by atoms with van der Waals surface area (Å²) in [4.78, 5) is 14.3. The van der Waals surface area contributed by atoms with Crippen molar-refractivity contribution >= 4 is 17.4 Å². The van der Waals surface area contributed by atoms with E-state index in [2.05, 4.69) is 20.6 Å². The molecule has 146 valence electrons. The third kappa shape index (κ3) is 3.70. The van der Waals surface area contributed by atoms with E-state index in [4.69, 9.17) is 0 Å². The highest BCUT2D eigenvalue weighted by molar-refractivity contribution is 5.79. The fraction of sp³-hybridized carbons (Fsp3) is 0.647. The summed E-state index contributed by atoms with van der Waals surface area (Å²) >= 11 is 0. The monoisotopic (exact) mass is 382 g/mol. The summed E-state index contributed by atoms with van der Waals surface area (Å²) in [6.07, 6.45) is 1.14. The van der Waals surface area contributed by atoms with Gasteiger partial charge in [-0.05, 0) is 37.8 Å². The van der Waals surface area contributed by atoms with E-state index in [1.165, 1.54) is 18.9 Å². The first-order chi connectivity index (χ1) is 12.9. The molecular formula is C17H21F3N6O. The topological polar surface area (TPSA) is 75.4 Å². The predicted octanol–water partition coefficient (Wildman–Crippen LogP) is 2.42. The van der Waals surface area contributed by atoms with Gasteiger partial charge in [-0.2, -0.15) is 17.7 Å². The molecule has 1 N–H and O–H groups in total. The number of carbonyl (C=O) groups is 1. The van der Waals surface area contributed by atoms with Crippen LogP contribution in [-0.4, -0.2) is 44.8 Å². The summed E-state index contributed by atoms with van der Waals surface area (Å²) in [6, 6.07) is 3.42. The number of amides is 1. The minimum atomic E-state index is -4.61. The van der Waals surface area contributed by atoms with Crippen molar-refractivity contribution in [1.82, 2.24) is 25.1 Å². The second-order valence-electron chi connectivity index (χ2n) is 7.23. The van der Waals surface area contributed by atoms with E-state index in [-0.39, 0.29) is 17.5 Å². The molecule has 2 fully saturated rings. The Morgan fingerprint density at radius 2 is 1.78 bits per heavy atom. The Labute approximate surface area is 153 Å². The van der Waals surface area contributed by atoms with Crippen molar-refractivity contribution in [1.29, 1.82) is 0 Å². The molecule has 1 aliphatic carbocycles. The minimum absolute atomic E-state index is 0.0498. The Hall–Kier alpha value is -2.39. The number of piperidine rings is 1. The molecule has 0 spiro atoms. The second-order valence-corrected chi connectivity index (χ2v) is 7.23. The van der Waals surface area contributed by atoms with Crippen molar-refractivity contribution in [3.05, 3.63) is 18.0 Å². The molecule has 1 saturated heterocycles. The Morgan fingerprint density at radius 1 is 1.07 bits per heavy atom. The third-order valence-corrected chi connectivity index (χ3v) is 5.39. The van der Waals surface area contributed by atoms with Crippen LogP contribution >= 0.6 is 0 Å². The molecule has 10 heteroatoms. The van der Waals surface area contributed by atoms with Crippen molar-refractivity contribution in [3.63, 3.8) is 0 Å². The number of nitrogens with one attached hydrogen (secondary N) is 1. The van der Waals surface area contributed by atoms with E-state index in [0.717, 1.165) is 17.4 Å². The molecule has 1 saturated carbocycles. The largest absolute Gasteiger partial charge is 0.453 e. The maximum atomic E-state index is 13.0. The maximum Gasteiger partial charge on any atom is 0.453 e. The van der Waals surface area contributed by atoms with Gasteiger partial charge in [0.05, 0.1) is 0 Å². The fourth-order valence-corrected chi connectivity index (χ4v) is 3.88. The lowest BCUT2D eigenvalue weighted by Gasteiger charge is -2.32. The lowest BCUT2D eigenvalue weighted by Crippen LogP contribution is -2.43. The average Bonchev–Trinajstić information content (AvgIpc) is 3.30. The number of carbonyl (C=O) groups excluding carboxylic acids is 1. The first-order valence-corrected chi connectivity index (χ1v) is 9.27. The zero-order chi connectivity index (χ0) is 19.0. The van der Waals surface area contributed by atoms with E-state index in [1.807, 2.05) is 4.90 Å². The summed E-state index contributed by atoms with van der Waals surface area (Å²) in [5.74, 6) is -0.651. The first kappa shape index (κ1) is 18.0. The standard InChI is InChI=1S/C17H21F3N6O/c18-17(19,20)16-23-22-13-5-6-14(24-26(13)16)25-9-7-11(8-10-25)15(27)21-12-3-1-2-4-12/h5-6,11-12H,1-4,7-10H2,(H,21,27). The average molecular weight is 382 g/mol. The van der Waals surface area contributed by atoms with E-state index in [0.29, 0.717) is 37.8 Å². The summed E-state index contributed by atoms with van der Waals surface area (Å²) < 4.78 is 39.8. The van der Waals surface area contributed by atoms with Gasteiger partial charge < -0.3 is 10.2 Å². The van der Waals surface area contributed by atoms with Gasteiger partial charge in [0.15, 0.2) is 5.65 Å². The highest BCUT2D eigenvalue weighted by Gasteiger charge is 2.38. The number of anilines is 1. The van der Waals surface area contributed by atoms with Crippen molar-refractivity contribution < 1.29 is 18.0 Å². The van der Waals surface area contributed by atoms with Crippen LogP contribution < -0.4 is 10.2 Å². The zero-order valence-corrected chi connectivity index (χ0v) is 14.7. The van der Waals surface area contributed by atoms with E-state index in [9.17, 15) is 18.0 Å². The number of hydrogen-bond acceptors (Lipinski definition) is 5. The van der Waals surface area contributed by atoms with Crippen LogP contribution in [0.3, 0.4) is 0 Å². The Bertz CT molecular complexity index is 822. The lowest BCUT2D eigenvalue weighted by molar-refractivity contribution is -0.146. The van der Waals surface area contributed by atoms with Gasteiger partial charge in [-0.3, -0.25) is 4.79 Å². The molecule has 2 aromatic rings. The van der Waals surface area contributed by atoms with Crippen LogP contribution in [0.5, 0.6) is 0 Å². The number of nitrogens with zero attached hydrogens (tertiary/aromatic N) is 5. The van der Waals surface area contributed by atoms with Crippen LogP contribution in [0, 0.1) is 5.92 Å². The van der Waals surface area contributed by atoms with Crippen LogP contribution in [0.15, 0.2) is 12.1 Å². The molecule has 0 atom stereocenters. The molecule has 4 rings (SSSR count). The van der Waals surface area contributed by atoms with Crippen LogP contribution in [-0.2, 0) is 11.0 Å². The molecule has 0 aromatic carbocycles. The highest BCUT2D eigenvalue weighted by atomic mass is 19.4. The van der Waals surface area contributed by atoms with Crippen LogP contribution in [0.2, 0.25) is 0 Å². The van der Waals surface area contributed by atoms with Gasteiger partial charge in [0.25, 0.3) is 5.82 Å². The van der Waals surface area contributed by atoms with E-state index >= 15 is 0 Å². The molecule has 0 bridgehead atoms. The summed E-state index contributed by atoms with van der Waals surface area (Å²) in [6.45, 7) is 1.15. The predicted molar refractivity (Wildman–Crippen MR) is 91.1 cm³/mol. The Balaban J connectivity index is 1.42. The van der Waals surface area contributed by atoms with Crippen LogP contribution in [0.4, 0.5) is 19.0 Å². The minimum Gasteiger partial charge on any atom is -0.355 e. The third-order valence-electron chi connectivity index (χ3n) is 5.39. The van der Waals surface area contributed by atoms with Gasteiger partial charge in [0.2, 0.25) is 5.91 Å². The molecule has 0 unspecified atom stereocenters. The lowest BCUT2D eigenvalue weighted by atomic mass is 9.95.